The molecule has 3 heterocycles. The molecule has 0 aliphatic carbocycles. The van der Waals surface area contributed by atoms with Crippen molar-refractivity contribution < 1.29 is 9.52 Å². The van der Waals surface area contributed by atoms with Crippen LogP contribution in [0.15, 0.2) is 34.9 Å². The number of furan rings is 1. The quantitative estimate of drug-likeness (QED) is 0.658. The maximum absolute atomic E-state index is 11.8. The molecule has 1 unspecified atom stereocenters. The van der Waals surface area contributed by atoms with E-state index in [0.29, 0.717) is 12.2 Å². The summed E-state index contributed by atoms with van der Waals surface area (Å²) in [6, 6.07) is 8.17. The Labute approximate surface area is 173 Å². The van der Waals surface area contributed by atoms with Crippen LogP contribution in [-0.4, -0.2) is 21.4 Å². The number of aromatic nitrogens is 2. The maximum atomic E-state index is 11.8. The van der Waals surface area contributed by atoms with Crippen LogP contribution in [0, 0.1) is 20.8 Å². The van der Waals surface area contributed by atoms with Crippen LogP contribution in [-0.2, 0) is 19.1 Å². The van der Waals surface area contributed by atoms with E-state index in [4.69, 9.17) is 9.52 Å². The summed E-state index contributed by atoms with van der Waals surface area (Å²) in [5, 5.41) is 16.7. The highest BCUT2D eigenvalue weighted by molar-refractivity contribution is 5.71. The van der Waals surface area contributed by atoms with Crippen LogP contribution in [0.2, 0.25) is 0 Å². The van der Waals surface area contributed by atoms with Crippen molar-refractivity contribution in [2.24, 2.45) is 7.05 Å². The van der Waals surface area contributed by atoms with E-state index in [9.17, 15) is 5.11 Å². The fourth-order valence-electron chi connectivity index (χ4n) is 5.09. The van der Waals surface area contributed by atoms with Crippen LogP contribution >= 0.6 is 0 Å². The van der Waals surface area contributed by atoms with Gasteiger partial charge in [-0.25, -0.2) is 0 Å². The zero-order valence-corrected chi connectivity index (χ0v) is 18.1. The summed E-state index contributed by atoms with van der Waals surface area (Å²) in [4.78, 5) is 2.33. The molecule has 0 amide bonds. The number of hydrogen-bond acceptors (Lipinski definition) is 4. The van der Waals surface area contributed by atoms with Gasteiger partial charge in [-0.3, -0.25) is 4.68 Å². The summed E-state index contributed by atoms with van der Waals surface area (Å²) in [6.07, 6.45) is 5.00. The van der Waals surface area contributed by atoms with Crippen molar-refractivity contribution >= 4 is 11.5 Å². The Hall–Kier alpha value is -2.53. The van der Waals surface area contributed by atoms with E-state index < -0.39 is 5.60 Å². The summed E-state index contributed by atoms with van der Waals surface area (Å²) >= 11 is 0. The zero-order chi connectivity index (χ0) is 20.8. The van der Waals surface area contributed by atoms with Crippen LogP contribution in [0.3, 0.4) is 0 Å². The van der Waals surface area contributed by atoms with Crippen LogP contribution in [0.25, 0.3) is 0 Å². The Morgan fingerprint density at radius 1 is 1.21 bits per heavy atom. The van der Waals surface area contributed by atoms with Crippen LogP contribution in [0.4, 0.5) is 11.5 Å². The minimum Gasteiger partial charge on any atom is -0.466 e. The lowest BCUT2D eigenvalue weighted by atomic mass is 9.86. The van der Waals surface area contributed by atoms with Crippen molar-refractivity contribution in [2.75, 3.05) is 11.4 Å². The second-order valence-corrected chi connectivity index (χ2v) is 8.36. The van der Waals surface area contributed by atoms with Gasteiger partial charge in [0, 0.05) is 24.8 Å². The fraction of sp³-hybridized carbons (Fsp3) is 0.458. The first kappa shape index (κ1) is 19.8. The molecule has 4 rings (SSSR count). The molecule has 3 aromatic rings. The Morgan fingerprint density at radius 3 is 2.55 bits per heavy atom. The van der Waals surface area contributed by atoms with Crippen molar-refractivity contribution in [3.63, 3.8) is 0 Å². The van der Waals surface area contributed by atoms with Gasteiger partial charge in [-0.15, -0.1) is 0 Å². The smallest absolute Gasteiger partial charge is 0.164 e. The number of nitrogens with zero attached hydrogens (tertiary/aromatic N) is 3. The number of hydrogen-bond donors (Lipinski definition) is 1. The van der Waals surface area contributed by atoms with Crippen molar-refractivity contribution in [3.05, 3.63) is 64.2 Å². The average Bonchev–Trinajstić information content (AvgIpc) is 3.29. The summed E-state index contributed by atoms with van der Waals surface area (Å²) < 4.78 is 7.54. The van der Waals surface area contributed by atoms with Gasteiger partial charge in [0.05, 0.1) is 12.0 Å². The largest absolute Gasteiger partial charge is 0.466 e. The van der Waals surface area contributed by atoms with Crippen molar-refractivity contribution in [3.8, 4) is 0 Å². The molecule has 1 N–H and O–H groups in total. The van der Waals surface area contributed by atoms with E-state index in [1.165, 1.54) is 22.4 Å². The zero-order valence-electron chi connectivity index (χ0n) is 18.1. The van der Waals surface area contributed by atoms with Crippen LogP contribution in [0.5, 0.6) is 0 Å². The van der Waals surface area contributed by atoms with E-state index in [1.54, 1.807) is 6.26 Å². The molecule has 1 atom stereocenters. The van der Waals surface area contributed by atoms with Crippen molar-refractivity contribution in [1.29, 1.82) is 0 Å². The molecule has 0 saturated carbocycles. The second kappa shape index (κ2) is 7.38. The maximum Gasteiger partial charge on any atom is 0.164 e. The van der Waals surface area contributed by atoms with Gasteiger partial charge in [-0.2, -0.15) is 5.10 Å². The predicted octanol–water partition coefficient (Wildman–Crippen LogP) is 5.06. The topological polar surface area (TPSA) is 54.4 Å². The lowest BCUT2D eigenvalue weighted by molar-refractivity contribution is 0.0381. The number of aliphatic hydroxyl groups is 1. The molecule has 0 bridgehead atoms. The molecule has 0 fully saturated rings. The van der Waals surface area contributed by atoms with E-state index in [-0.39, 0.29) is 0 Å². The average molecular weight is 394 g/mol. The molecule has 5 nitrogen and oxygen atoms in total. The molecule has 0 radical (unpaired) electrons. The highest BCUT2D eigenvalue weighted by Crippen LogP contribution is 2.44. The number of fused-ring (bicyclic) bond motifs is 1. The summed E-state index contributed by atoms with van der Waals surface area (Å²) in [7, 11) is 1.93. The summed E-state index contributed by atoms with van der Waals surface area (Å²) in [6.45, 7) is 9.50. The van der Waals surface area contributed by atoms with Crippen molar-refractivity contribution in [2.45, 2.75) is 59.0 Å². The number of aryl methyl sites for hydroxylation is 4. The SMILES string of the molecule is CCCC(O)(c1ccco1)c1c2c(nn1C)N(c1c(C)cc(C)cc1C)CCC2. The molecule has 0 spiro atoms. The first-order chi connectivity index (χ1) is 13.9. The van der Waals surface area contributed by atoms with Crippen molar-refractivity contribution in [1.82, 2.24) is 9.78 Å². The summed E-state index contributed by atoms with van der Waals surface area (Å²) in [5.74, 6) is 1.55. The van der Waals surface area contributed by atoms with Gasteiger partial charge in [-0.1, -0.05) is 31.0 Å². The van der Waals surface area contributed by atoms with E-state index in [1.807, 2.05) is 23.9 Å². The van der Waals surface area contributed by atoms with Gasteiger partial charge in [0.1, 0.15) is 5.76 Å². The monoisotopic (exact) mass is 393 g/mol. The molecule has 5 heteroatoms. The minimum absolute atomic E-state index is 0.588. The number of anilines is 2. The predicted molar refractivity (Wildman–Crippen MR) is 116 cm³/mol. The number of benzene rings is 1. The molecule has 29 heavy (non-hydrogen) atoms. The molecule has 1 aliphatic heterocycles. The first-order valence-corrected chi connectivity index (χ1v) is 10.5. The molecule has 154 valence electrons. The van der Waals surface area contributed by atoms with Gasteiger partial charge in [0.25, 0.3) is 0 Å². The highest BCUT2D eigenvalue weighted by atomic mass is 16.4. The van der Waals surface area contributed by atoms with E-state index in [2.05, 4.69) is 44.7 Å². The molecule has 1 aromatic carbocycles. The third kappa shape index (κ3) is 3.18. The van der Waals surface area contributed by atoms with Gasteiger partial charge in [0.2, 0.25) is 0 Å². The van der Waals surface area contributed by atoms with Gasteiger partial charge in [-0.05, 0) is 63.3 Å². The fourth-order valence-corrected chi connectivity index (χ4v) is 5.09. The van der Waals surface area contributed by atoms with Crippen LogP contribution in [0.1, 0.15) is 59.9 Å². The van der Waals surface area contributed by atoms with Gasteiger partial charge in [0.15, 0.2) is 11.4 Å². The molecule has 0 saturated heterocycles. The van der Waals surface area contributed by atoms with Crippen LogP contribution < -0.4 is 4.90 Å². The van der Waals surface area contributed by atoms with Gasteiger partial charge < -0.3 is 14.4 Å². The van der Waals surface area contributed by atoms with Gasteiger partial charge >= 0.3 is 0 Å². The standard InChI is InChI=1S/C24H31N3O2/c1-6-11-24(28,20-10-8-13-29-20)22-19-9-7-12-27(23(19)25-26(22)5)21-17(3)14-16(2)15-18(21)4/h8,10,13-15,28H,6-7,9,11-12H2,1-5H3. The molecular formula is C24H31N3O2. The first-order valence-electron chi connectivity index (χ1n) is 10.5. The van der Waals surface area contributed by atoms with E-state index in [0.717, 1.165) is 42.9 Å². The third-order valence-corrected chi connectivity index (χ3v) is 6.03. The normalized spacial score (nSPS) is 16.0. The highest BCUT2D eigenvalue weighted by Gasteiger charge is 2.41. The third-order valence-electron chi connectivity index (χ3n) is 6.03. The lowest BCUT2D eigenvalue weighted by Gasteiger charge is -2.32. The Kier molecular flexibility index (Phi) is 5.03. The minimum atomic E-state index is -1.17. The molecule has 2 aromatic heterocycles. The molecular weight excluding hydrogens is 362 g/mol. The number of rotatable bonds is 5. The second-order valence-electron chi connectivity index (χ2n) is 8.36. The molecule has 1 aliphatic rings. The Balaban J connectivity index is 1.89. The lowest BCUT2D eigenvalue weighted by Crippen LogP contribution is -2.32. The summed E-state index contributed by atoms with van der Waals surface area (Å²) in [5.41, 5.74) is 5.85. The Morgan fingerprint density at radius 2 is 1.93 bits per heavy atom. The van der Waals surface area contributed by atoms with E-state index >= 15 is 0 Å². The Bertz CT molecular complexity index is 996.